The highest BCUT2D eigenvalue weighted by atomic mass is 19.1. The van der Waals surface area contributed by atoms with Crippen LogP contribution in [0.2, 0.25) is 0 Å². The van der Waals surface area contributed by atoms with Gasteiger partial charge in [0.2, 0.25) is 5.91 Å². The average Bonchev–Trinajstić information content (AvgIpc) is 3.04. The number of carbonyl (C=O) groups is 1. The molecule has 26 heavy (non-hydrogen) atoms. The molecule has 0 radical (unpaired) electrons. The van der Waals surface area contributed by atoms with Crippen LogP contribution in [0.15, 0.2) is 54.6 Å². The van der Waals surface area contributed by atoms with Gasteiger partial charge in [-0.05, 0) is 36.7 Å². The van der Waals surface area contributed by atoms with Crippen molar-refractivity contribution in [2.24, 2.45) is 0 Å². The van der Waals surface area contributed by atoms with Gasteiger partial charge in [-0.25, -0.2) is 4.39 Å². The summed E-state index contributed by atoms with van der Waals surface area (Å²) in [7, 11) is 1.90. The van der Waals surface area contributed by atoms with E-state index in [0.29, 0.717) is 13.1 Å². The van der Waals surface area contributed by atoms with Crippen molar-refractivity contribution in [2.45, 2.75) is 25.6 Å². The number of nitrogens with one attached hydrogen (secondary N) is 1. The van der Waals surface area contributed by atoms with Gasteiger partial charge in [0.25, 0.3) is 0 Å². The lowest BCUT2D eigenvalue weighted by molar-refractivity contribution is -0.122. The zero-order valence-corrected chi connectivity index (χ0v) is 15.2. The number of hydrogen-bond donors (Lipinski definition) is 1. The first-order valence-electron chi connectivity index (χ1n) is 9.07. The van der Waals surface area contributed by atoms with Crippen LogP contribution < -0.4 is 5.32 Å². The Morgan fingerprint density at radius 3 is 2.62 bits per heavy atom. The number of halogens is 1. The Hall–Kier alpha value is -2.24. The monoisotopic (exact) mass is 355 g/mol. The summed E-state index contributed by atoms with van der Waals surface area (Å²) < 4.78 is 12.9. The maximum atomic E-state index is 12.9. The van der Waals surface area contributed by atoms with E-state index in [-0.39, 0.29) is 17.8 Å². The number of rotatable bonds is 7. The van der Waals surface area contributed by atoms with Gasteiger partial charge in [0.05, 0.1) is 6.54 Å². The van der Waals surface area contributed by atoms with Crippen LogP contribution >= 0.6 is 0 Å². The van der Waals surface area contributed by atoms with Gasteiger partial charge in [-0.1, -0.05) is 42.5 Å². The van der Waals surface area contributed by atoms with Gasteiger partial charge >= 0.3 is 0 Å². The summed E-state index contributed by atoms with van der Waals surface area (Å²) in [6.45, 7) is 3.79. The van der Waals surface area contributed by atoms with Gasteiger partial charge in [-0.2, -0.15) is 0 Å². The smallest absolute Gasteiger partial charge is 0.234 e. The summed E-state index contributed by atoms with van der Waals surface area (Å²) in [6, 6.07) is 17.0. The van der Waals surface area contributed by atoms with Crippen LogP contribution in [0.4, 0.5) is 4.39 Å². The van der Waals surface area contributed by atoms with Crippen molar-refractivity contribution in [3.63, 3.8) is 0 Å². The van der Waals surface area contributed by atoms with Crippen LogP contribution in [0, 0.1) is 5.82 Å². The molecule has 5 heteroatoms. The van der Waals surface area contributed by atoms with Crippen molar-refractivity contribution in [1.29, 1.82) is 0 Å². The molecule has 1 amide bonds. The van der Waals surface area contributed by atoms with Gasteiger partial charge in [-0.3, -0.25) is 14.6 Å². The molecule has 3 rings (SSSR count). The van der Waals surface area contributed by atoms with Crippen molar-refractivity contribution >= 4 is 5.91 Å². The van der Waals surface area contributed by atoms with E-state index in [2.05, 4.69) is 34.5 Å². The molecule has 138 valence electrons. The summed E-state index contributed by atoms with van der Waals surface area (Å²) >= 11 is 0. The maximum Gasteiger partial charge on any atom is 0.234 e. The number of benzene rings is 2. The van der Waals surface area contributed by atoms with Gasteiger partial charge in [0, 0.05) is 32.2 Å². The van der Waals surface area contributed by atoms with E-state index in [1.807, 2.05) is 18.0 Å². The van der Waals surface area contributed by atoms with Crippen molar-refractivity contribution in [3.8, 4) is 0 Å². The fourth-order valence-corrected chi connectivity index (χ4v) is 3.41. The molecule has 1 atom stereocenters. The van der Waals surface area contributed by atoms with Gasteiger partial charge < -0.3 is 5.32 Å². The number of likely N-dealkylation sites (N-methyl/N-ethyl adjacent to an activating group) is 1. The van der Waals surface area contributed by atoms with Crippen molar-refractivity contribution in [3.05, 3.63) is 71.5 Å². The number of likely N-dealkylation sites (tertiary alicyclic amines) is 1. The SMILES string of the molecule is CN(CC(=O)N[C@H]1CCN(Cc2ccccc2)C1)Cc1ccc(F)cc1. The molecule has 1 fully saturated rings. The lowest BCUT2D eigenvalue weighted by Crippen LogP contribution is -2.42. The van der Waals surface area contributed by atoms with Crippen LogP contribution in [-0.2, 0) is 17.9 Å². The number of nitrogens with zero attached hydrogens (tertiary/aromatic N) is 2. The minimum atomic E-state index is -0.240. The van der Waals surface area contributed by atoms with E-state index in [9.17, 15) is 9.18 Å². The Morgan fingerprint density at radius 2 is 1.88 bits per heavy atom. The zero-order valence-electron chi connectivity index (χ0n) is 15.2. The minimum absolute atomic E-state index is 0.0428. The predicted molar refractivity (Wildman–Crippen MR) is 101 cm³/mol. The Morgan fingerprint density at radius 1 is 1.15 bits per heavy atom. The number of amides is 1. The molecule has 0 bridgehead atoms. The molecule has 1 saturated heterocycles. The van der Waals surface area contributed by atoms with E-state index in [1.165, 1.54) is 17.7 Å². The number of hydrogen-bond acceptors (Lipinski definition) is 3. The lowest BCUT2D eigenvalue weighted by atomic mass is 10.2. The molecule has 2 aromatic rings. The highest BCUT2D eigenvalue weighted by Crippen LogP contribution is 2.13. The first-order valence-corrected chi connectivity index (χ1v) is 9.07. The van der Waals surface area contributed by atoms with Crippen LogP contribution in [0.1, 0.15) is 17.5 Å². The first-order chi connectivity index (χ1) is 12.6. The molecule has 0 unspecified atom stereocenters. The molecule has 4 nitrogen and oxygen atoms in total. The van der Waals surface area contributed by atoms with Gasteiger partial charge in [-0.15, -0.1) is 0 Å². The van der Waals surface area contributed by atoms with Crippen LogP contribution in [0.5, 0.6) is 0 Å². The third-order valence-corrected chi connectivity index (χ3v) is 4.67. The van der Waals surface area contributed by atoms with Gasteiger partial charge in [0.15, 0.2) is 0 Å². The second-order valence-corrected chi connectivity index (χ2v) is 7.07. The molecule has 0 saturated carbocycles. The van der Waals surface area contributed by atoms with E-state index in [1.54, 1.807) is 12.1 Å². The molecular formula is C21H26FN3O. The highest BCUT2D eigenvalue weighted by molar-refractivity contribution is 5.78. The fourth-order valence-electron chi connectivity index (χ4n) is 3.41. The Kier molecular flexibility index (Phi) is 6.36. The normalized spacial score (nSPS) is 17.6. The Labute approximate surface area is 154 Å². The van der Waals surface area contributed by atoms with E-state index >= 15 is 0 Å². The summed E-state index contributed by atoms with van der Waals surface area (Å²) in [5.41, 5.74) is 2.30. The molecule has 0 spiro atoms. The molecule has 2 aromatic carbocycles. The summed E-state index contributed by atoms with van der Waals surface area (Å²) in [6.07, 6.45) is 0.986. The second kappa shape index (κ2) is 8.92. The average molecular weight is 355 g/mol. The third-order valence-electron chi connectivity index (χ3n) is 4.67. The topological polar surface area (TPSA) is 35.6 Å². The molecule has 1 N–H and O–H groups in total. The lowest BCUT2D eigenvalue weighted by Gasteiger charge is -2.19. The maximum absolute atomic E-state index is 12.9. The molecule has 0 aliphatic carbocycles. The van der Waals surface area contributed by atoms with Gasteiger partial charge in [0.1, 0.15) is 5.82 Å². The van der Waals surface area contributed by atoms with E-state index in [0.717, 1.165) is 31.6 Å². The summed E-state index contributed by atoms with van der Waals surface area (Å²) in [5, 5.41) is 3.14. The third kappa shape index (κ3) is 5.64. The largest absolute Gasteiger partial charge is 0.351 e. The van der Waals surface area contributed by atoms with E-state index in [4.69, 9.17) is 0 Å². The quantitative estimate of drug-likeness (QED) is 0.829. The molecule has 1 aliphatic rings. The molecule has 1 heterocycles. The van der Waals surface area contributed by atoms with Crippen molar-refractivity contribution in [2.75, 3.05) is 26.7 Å². The summed E-state index contributed by atoms with van der Waals surface area (Å²) in [5.74, 6) is -0.198. The van der Waals surface area contributed by atoms with E-state index < -0.39 is 0 Å². The molecular weight excluding hydrogens is 329 g/mol. The second-order valence-electron chi connectivity index (χ2n) is 7.07. The fraction of sp³-hybridized carbons (Fsp3) is 0.381. The highest BCUT2D eigenvalue weighted by Gasteiger charge is 2.24. The van der Waals surface area contributed by atoms with Crippen LogP contribution in [0.25, 0.3) is 0 Å². The molecule has 0 aromatic heterocycles. The van der Waals surface area contributed by atoms with Crippen molar-refractivity contribution < 1.29 is 9.18 Å². The number of carbonyl (C=O) groups excluding carboxylic acids is 1. The summed E-state index contributed by atoms with van der Waals surface area (Å²) in [4.78, 5) is 16.6. The van der Waals surface area contributed by atoms with Crippen molar-refractivity contribution in [1.82, 2.24) is 15.1 Å². The van der Waals surface area contributed by atoms with Crippen LogP contribution in [-0.4, -0.2) is 48.4 Å². The first kappa shape index (κ1) is 18.5. The zero-order chi connectivity index (χ0) is 18.4. The predicted octanol–water partition coefficient (Wildman–Crippen LogP) is 2.65. The minimum Gasteiger partial charge on any atom is -0.351 e. The Balaban J connectivity index is 1.40. The standard InChI is InChI=1S/C21H26FN3O/c1-24(13-18-7-9-19(22)10-8-18)16-21(26)23-20-11-12-25(15-20)14-17-5-3-2-4-6-17/h2-10,20H,11-16H2,1H3,(H,23,26)/t20-/m0/s1. The molecule has 1 aliphatic heterocycles. The Bertz CT molecular complexity index is 705. The van der Waals surface area contributed by atoms with Crippen LogP contribution in [0.3, 0.4) is 0 Å².